The van der Waals surface area contributed by atoms with Crippen LogP contribution in [0.25, 0.3) is 0 Å². The van der Waals surface area contributed by atoms with E-state index in [0.29, 0.717) is 24.0 Å². The molecular formula is C12H13ClO4. The Morgan fingerprint density at radius 2 is 2.12 bits per heavy atom. The van der Waals surface area contributed by atoms with Crippen molar-refractivity contribution < 1.29 is 19.7 Å². The summed E-state index contributed by atoms with van der Waals surface area (Å²) in [6.45, 7) is 1.74. The van der Waals surface area contributed by atoms with Crippen LogP contribution in [-0.4, -0.2) is 23.3 Å². The van der Waals surface area contributed by atoms with Crippen molar-refractivity contribution in [2.24, 2.45) is 0 Å². The van der Waals surface area contributed by atoms with Gasteiger partial charge in [0.05, 0.1) is 17.5 Å². The molecule has 17 heavy (non-hydrogen) atoms. The van der Waals surface area contributed by atoms with Crippen molar-refractivity contribution in [3.8, 4) is 11.5 Å². The molecule has 1 fully saturated rings. The predicted octanol–water partition coefficient (Wildman–Crippen LogP) is 2.48. The van der Waals surface area contributed by atoms with E-state index >= 15 is 0 Å². The van der Waals surface area contributed by atoms with Crippen LogP contribution in [0.15, 0.2) is 6.07 Å². The third-order valence-corrected chi connectivity index (χ3v) is 3.53. The van der Waals surface area contributed by atoms with Crippen molar-refractivity contribution in [2.45, 2.75) is 25.2 Å². The summed E-state index contributed by atoms with van der Waals surface area (Å²) in [5, 5.41) is 19.6. The summed E-state index contributed by atoms with van der Waals surface area (Å²) in [6.07, 6.45) is 1.06. The van der Waals surface area contributed by atoms with Crippen molar-refractivity contribution in [1.82, 2.24) is 0 Å². The normalized spacial score (nSPS) is 16.6. The molecular weight excluding hydrogens is 244 g/mol. The first-order valence-corrected chi connectivity index (χ1v) is 5.62. The lowest BCUT2D eigenvalue weighted by atomic mass is 9.90. The topological polar surface area (TPSA) is 66.8 Å². The molecule has 0 saturated heterocycles. The Labute approximate surface area is 104 Å². The van der Waals surface area contributed by atoms with E-state index in [0.717, 1.165) is 0 Å². The third kappa shape index (κ3) is 1.63. The highest BCUT2D eigenvalue weighted by Gasteiger charge is 2.54. The first-order valence-electron chi connectivity index (χ1n) is 5.24. The van der Waals surface area contributed by atoms with Gasteiger partial charge in [0.15, 0.2) is 11.5 Å². The van der Waals surface area contributed by atoms with Crippen LogP contribution in [0, 0.1) is 6.92 Å². The fourth-order valence-electron chi connectivity index (χ4n) is 2.24. The second-order valence-corrected chi connectivity index (χ2v) is 4.73. The van der Waals surface area contributed by atoms with Crippen LogP contribution in [0.1, 0.15) is 24.0 Å². The number of halogens is 1. The van der Waals surface area contributed by atoms with E-state index in [1.807, 2.05) is 0 Å². The summed E-state index contributed by atoms with van der Waals surface area (Å²) in [6, 6.07) is 1.62. The van der Waals surface area contributed by atoms with E-state index in [1.165, 1.54) is 7.11 Å². The highest BCUT2D eigenvalue weighted by molar-refractivity contribution is 6.32. The van der Waals surface area contributed by atoms with E-state index in [-0.39, 0.29) is 16.5 Å². The van der Waals surface area contributed by atoms with Gasteiger partial charge in [0.1, 0.15) is 0 Å². The number of benzene rings is 1. The maximum absolute atomic E-state index is 11.3. The molecule has 0 unspecified atom stereocenters. The maximum atomic E-state index is 11.3. The molecule has 2 N–H and O–H groups in total. The molecule has 0 amide bonds. The number of ether oxygens (including phenoxy) is 1. The van der Waals surface area contributed by atoms with Gasteiger partial charge >= 0.3 is 5.97 Å². The number of carboxylic acid groups (broad SMARTS) is 1. The van der Waals surface area contributed by atoms with E-state index in [4.69, 9.17) is 16.3 Å². The number of aromatic hydroxyl groups is 1. The lowest BCUT2D eigenvalue weighted by Crippen LogP contribution is -2.21. The number of aliphatic carboxylic acids is 1. The molecule has 92 valence electrons. The van der Waals surface area contributed by atoms with E-state index in [9.17, 15) is 15.0 Å². The molecule has 0 bridgehead atoms. The molecule has 1 aromatic carbocycles. The Hall–Kier alpha value is -1.42. The van der Waals surface area contributed by atoms with Gasteiger partial charge in [-0.1, -0.05) is 11.6 Å². The molecule has 0 spiro atoms. The predicted molar refractivity (Wildman–Crippen MR) is 63.0 cm³/mol. The average molecular weight is 257 g/mol. The molecule has 1 aromatic rings. The number of carboxylic acids is 1. The van der Waals surface area contributed by atoms with Gasteiger partial charge in [-0.2, -0.15) is 0 Å². The van der Waals surface area contributed by atoms with Crippen molar-refractivity contribution in [3.63, 3.8) is 0 Å². The first kappa shape index (κ1) is 12.0. The number of hydrogen-bond donors (Lipinski definition) is 2. The zero-order chi connectivity index (χ0) is 12.8. The summed E-state index contributed by atoms with van der Waals surface area (Å²) in [5.41, 5.74) is 0.130. The minimum Gasteiger partial charge on any atom is -0.504 e. The van der Waals surface area contributed by atoms with E-state index in [1.54, 1.807) is 13.0 Å². The zero-order valence-corrected chi connectivity index (χ0v) is 10.3. The summed E-state index contributed by atoms with van der Waals surface area (Å²) in [4.78, 5) is 11.3. The molecule has 0 atom stereocenters. The van der Waals surface area contributed by atoms with Crippen molar-refractivity contribution in [2.75, 3.05) is 7.11 Å². The summed E-state index contributed by atoms with van der Waals surface area (Å²) in [5.74, 6) is -0.933. The quantitative estimate of drug-likeness (QED) is 0.872. The summed E-state index contributed by atoms with van der Waals surface area (Å²) < 4.78 is 5.00. The number of phenolic OH excluding ortho intramolecular Hbond substituents is 1. The third-order valence-electron chi connectivity index (χ3n) is 3.25. The standard InChI is InChI=1S/C12H13ClO4/c1-6-5-7(13)10(17-2)9(14)8(6)12(3-4-12)11(15)16/h5,14H,3-4H2,1-2H3,(H,15,16). The minimum absolute atomic E-state index is 0.139. The number of hydrogen-bond acceptors (Lipinski definition) is 3. The van der Waals surface area contributed by atoms with Gasteiger partial charge in [-0.25, -0.2) is 0 Å². The SMILES string of the molecule is COc1c(Cl)cc(C)c(C2(C(=O)O)CC2)c1O. The van der Waals surface area contributed by atoms with Gasteiger partial charge in [-0.05, 0) is 31.4 Å². The fourth-order valence-corrected chi connectivity index (χ4v) is 2.57. The van der Waals surface area contributed by atoms with Gasteiger partial charge in [0.2, 0.25) is 0 Å². The van der Waals surface area contributed by atoms with Crippen LogP contribution in [-0.2, 0) is 10.2 Å². The van der Waals surface area contributed by atoms with Crippen molar-refractivity contribution in [1.29, 1.82) is 0 Å². The van der Waals surface area contributed by atoms with Crippen LogP contribution in [0.5, 0.6) is 11.5 Å². The van der Waals surface area contributed by atoms with Gasteiger partial charge in [-0.3, -0.25) is 4.79 Å². The molecule has 1 aliphatic rings. The molecule has 2 rings (SSSR count). The molecule has 5 heteroatoms. The second kappa shape index (κ2) is 3.81. The van der Waals surface area contributed by atoms with Gasteiger partial charge in [0.25, 0.3) is 0 Å². The minimum atomic E-state index is -0.966. The van der Waals surface area contributed by atoms with Gasteiger partial charge in [-0.15, -0.1) is 0 Å². The molecule has 0 aliphatic heterocycles. The Morgan fingerprint density at radius 1 is 1.53 bits per heavy atom. The van der Waals surface area contributed by atoms with Gasteiger partial charge < -0.3 is 14.9 Å². The Balaban J connectivity index is 2.66. The molecule has 1 aliphatic carbocycles. The zero-order valence-electron chi connectivity index (χ0n) is 9.58. The smallest absolute Gasteiger partial charge is 0.314 e. The second-order valence-electron chi connectivity index (χ2n) is 4.32. The maximum Gasteiger partial charge on any atom is 0.314 e. The van der Waals surface area contributed by atoms with Crippen LogP contribution in [0.2, 0.25) is 5.02 Å². The summed E-state index contributed by atoms with van der Waals surface area (Å²) >= 11 is 5.92. The van der Waals surface area contributed by atoms with E-state index in [2.05, 4.69) is 0 Å². The van der Waals surface area contributed by atoms with Crippen LogP contribution in [0.3, 0.4) is 0 Å². The van der Waals surface area contributed by atoms with Crippen LogP contribution >= 0.6 is 11.6 Å². The van der Waals surface area contributed by atoms with Crippen molar-refractivity contribution >= 4 is 17.6 Å². The lowest BCUT2D eigenvalue weighted by molar-refractivity contribution is -0.140. The highest BCUT2D eigenvalue weighted by Crippen LogP contribution is 2.55. The lowest BCUT2D eigenvalue weighted by Gasteiger charge is -2.18. The Kier molecular flexibility index (Phi) is 2.70. The highest BCUT2D eigenvalue weighted by atomic mass is 35.5. The monoisotopic (exact) mass is 256 g/mol. The van der Waals surface area contributed by atoms with Crippen LogP contribution < -0.4 is 4.74 Å². The van der Waals surface area contributed by atoms with Crippen molar-refractivity contribution in [3.05, 3.63) is 22.2 Å². The molecule has 0 radical (unpaired) electrons. The number of methoxy groups -OCH3 is 1. The first-order chi connectivity index (χ1) is 7.94. The number of carbonyl (C=O) groups is 1. The average Bonchev–Trinajstić information content (AvgIpc) is 2.98. The molecule has 0 heterocycles. The summed E-state index contributed by atoms with van der Waals surface area (Å²) in [7, 11) is 1.39. The van der Waals surface area contributed by atoms with Crippen LogP contribution in [0.4, 0.5) is 0 Å². The number of phenols is 1. The molecule has 1 saturated carbocycles. The molecule has 0 aromatic heterocycles. The van der Waals surface area contributed by atoms with Gasteiger partial charge in [0, 0.05) is 5.56 Å². The fraction of sp³-hybridized carbons (Fsp3) is 0.417. The number of rotatable bonds is 3. The Morgan fingerprint density at radius 3 is 2.53 bits per heavy atom. The van der Waals surface area contributed by atoms with E-state index < -0.39 is 11.4 Å². The molecule has 4 nitrogen and oxygen atoms in total. The number of aryl methyl sites for hydroxylation is 1. The largest absolute Gasteiger partial charge is 0.504 e. The Bertz CT molecular complexity index is 492.